The number of rotatable bonds is 2. The third kappa shape index (κ3) is 2.06. The molecule has 0 radical (unpaired) electrons. The Labute approximate surface area is 118 Å². The topological polar surface area (TPSA) is 52.0 Å². The highest BCUT2D eigenvalue weighted by atomic mass is 79.9. The molecule has 0 bridgehead atoms. The van der Waals surface area contributed by atoms with Crippen LogP contribution in [0.4, 0.5) is 0 Å². The Morgan fingerprint density at radius 2 is 1.79 bits per heavy atom. The van der Waals surface area contributed by atoms with Gasteiger partial charge in [0, 0.05) is 9.86 Å². The van der Waals surface area contributed by atoms with Gasteiger partial charge in [-0.15, -0.1) is 0 Å². The van der Waals surface area contributed by atoms with Gasteiger partial charge in [-0.2, -0.15) is 17.6 Å². The molecule has 0 N–H and O–H groups in total. The average molecular weight is 337 g/mol. The lowest BCUT2D eigenvalue weighted by Crippen LogP contribution is -2.14. The fraction of sp³-hybridized carbons (Fsp3) is 0. The predicted octanol–water partition coefficient (Wildman–Crippen LogP) is 3.04. The van der Waals surface area contributed by atoms with Gasteiger partial charge in [-0.1, -0.05) is 40.2 Å². The molecule has 96 valence electrons. The third-order valence-corrected chi connectivity index (χ3v) is 4.88. The maximum atomic E-state index is 12.5. The third-order valence-electron chi connectivity index (χ3n) is 2.77. The summed E-state index contributed by atoms with van der Waals surface area (Å²) in [5, 5.41) is 4.77. The lowest BCUT2D eigenvalue weighted by atomic mass is 10.3. The van der Waals surface area contributed by atoms with Gasteiger partial charge >= 0.3 is 0 Å². The van der Waals surface area contributed by atoms with Gasteiger partial charge in [-0.05, 0) is 24.3 Å². The zero-order valence-corrected chi connectivity index (χ0v) is 12.1. The summed E-state index contributed by atoms with van der Waals surface area (Å²) in [6.45, 7) is 0. The van der Waals surface area contributed by atoms with Crippen LogP contribution in [-0.4, -0.2) is 17.6 Å². The summed E-state index contributed by atoms with van der Waals surface area (Å²) in [5.41, 5.74) is 0.554. The average Bonchev–Trinajstić information content (AvgIpc) is 2.83. The van der Waals surface area contributed by atoms with Crippen molar-refractivity contribution < 1.29 is 8.42 Å². The summed E-state index contributed by atoms with van der Waals surface area (Å²) in [5.74, 6) is 0. The van der Waals surface area contributed by atoms with E-state index in [1.165, 1.54) is 0 Å². The Bertz CT molecular complexity index is 841. The Morgan fingerprint density at radius 1 is 1.05 bits per heavy atom. The maximum absolute atomic E-state index is 12.5. The minimum absolute atomic E-state index is 0.222. The molecule has 0 saturated carbocycles. The quantitative estimate of drug-likeness (QED) is 0.722. The Kier molecular flexibility index (Phi) is 2.91. The standard InChI is InChI=1S/C13H9BrN2O2S/c14-11-7-6-10-9-15-16(13(10)8-11)19(17,18)12-4-2-1-3-5-12/h1-9H. The minimum Gasteiger partial charge on any atom is -0.199 e. The van der Waals surface area contributed by atoms with E-state index in [-0.39, 0.29) is 4.90 Å². The molecule has 0 spiro atoms. The van der Waals surface area contributed by atoms with Crippen LogP contribution in [0.1, 0.15) is 0 Å². The molecule has 3 rings (SSSR count). The largest absolute Gasteiger partial charge is 0.283 e. The van der Waals surface area contributed by atoms with Gasteiger partial charge in [0.05, 0.1) is 16.6 Å². The van der Waals surface area contributed by atoms with Crippen LogP contribution in [0, 0.1) is 0 Å². The van der Waals surface area contributed by atoms with E-state index < -0.39 is 10.0 Å². The van der Waals surface area contributed by atoms with Crippen LogP contribution in [0.15, 0.2) is 64.1 Å². The zero-order valence-electron chi connectivity index (χ0n) is 9.69. The molecule has 0 aliphatic carbocycles. The van der Waals surface area contributed by atoms with Gasteiger partial charge in [0.25, 0.3) is 10.0 Å². The van der Waals surface area contributed by atoms with E-state index >= 15 is 0 Å². The maximum Gasteiger partial charge on any atom is 0.283 e. The first kappa shape index (κ1) is 12.4. The van der Waals surface area contributed by atoms with Crippen LogP contribution in [0.2, 0.25) is 0 Å². The fourth-order valence-electron chi connectivity index (χ4n) is 1.85. The molecule has 6 heteroatoms. The predicted molar refractivity (Wildman–Crippen MR) is 76.5 cm³/mol. The number of benzene rings is 2. The van der Waals surface area contributed by atoms with E-state index in [1.807, 2.05) is 12.1 Å². The van der Waals surface area contributed by atoms with Crippen LogP contribution >= 0.6 is 15.9 Å². The summed E-state index contributed by atoms with van der Waals surface area (Å²) in [6, 6.07) is 13.7. The fourth-order valence-corrected chi connectivity index (χ4v) is 3.49. The van der Waals surface area contributed by atoms with Crippen molar-refractivity contribution in [1.82, 2.24) is 9.19 Å². The molecule has 0 aliphatic heterocycles. The number of hydrogen-bond donors (Lipinski definition) is 0. The molecule has 0 aliphatic rings. The molecule has 4 nitrogen and oxygen atoms in total. The second-order valence-corrected chi connectivity index (χ2v) is 6.69. The molecule has 1 aromatic heterocycles. The number of nitrogens with zero attached hydrogens (tertiary/aromatic N) is 2. The van der Waals surface area contributed by atoms with Crippen molar-refractivity contribution >= 4 is 36.9 Å². The molecule has 1 heterocycles. The van der Waals surface area contributed by atoms with Crippen LogP contribution in [0.5, 0.6) is 0 Å². The Hall–Kier alpha value is -1.66. The van der Waals surface area contributed by atoms with Crippen molar-refractivity contribution in [3.63, 3.8) is 0 Å². The molecular formula is C13H9BrN2O2S. The SMILES string of the molecule is O=S(=O)(c1ccccc1)n1ncc2ccc(Br)cc21. The lowest BCUT2D eigenvalue weighted by Gasteiger charge is -2.05. The van der Waals surface area contributed by atoms with Crippen molar-refractivity contribution in [3.05, 3.63) is 59.2 Å². The van der Waals surface area contributed by atoms with Crippen LogP contribution in [0.3, 0.4) is 0 Å². The summed E-state index contributed by atoms with van der Waals surface area (Å²) >= 11 is 3.34. The molecule has 0 fully saturated rings. The van der Waals surface area contributed by atoms with E-state index in [2.05, 4.69) is 21.0 Å². The number of halogens is 1. The normalized spacial score (nSPS) is 11.8. The van der Waals surface area contributed by atoms with E-state index in [0.717, 1.165) is 13.9 Å². The van der Waals surface area contributed by atoms with Gasteiger partial charge in [0.2, 0.25) is 0 Å². The molecule has 19 heavy (non-hydrogen) atoms. The van der Waals surface area contributed by atoms with Gasteiger partial charge in [-0.25, -0.2) is 0 Å². The van der Waals surface area contributed by atoms with E-state index in [0.29, 0.717) is 5.52 Å². The Balaban J connectivity index is 2.28. The molecule has 0 amide bonds. The summed E-state index contributed by atoms with van der Waals surface area (Å²) in [7, 11) is -3.65. The lowest BCUT2D eigenvalue weighted by molar-refractivity contribution is 0.582. The van der Waals surface area contributed by atoms with Gasteiger partial charge in [-0.3, -0.25) is 0 Å². The van der Waals surface area contributed by atoms with Crippen molar-refractivity contribution in [3.8, 4) is 0 Å². The zero-order chi connectivity index (χ0) is 13.5. The minimum atomic E-state index is -3.65. The molecule has 0 atom stereocenters. The molecular weight excluding hydrogens is 328 g/mol. The van der Waals surface area contributed by atoms with E-state index in [4.69, 9.17) is 0 Å². The van der Waals surface area contributed by atoms with Gasteiger partial charge in [0.1, 0.15) is 0 Å². The van der Waals surface area contributed by atoms with Gasteiger partial charge in [0.15, 0.2) is 0 Å². The van der Waals surface area contributed by atoms with Crippen LogP contribution in [0.25, 0.3) is 10.9 Å². The molecule has 0 saturated heterocycles. The highest BCUT2D eigenvalue weighted by Gasteiger charge is 2.19. The van der Waals surface area contributed by atoms with E-state index in [1.54, 1.807) is 42.6 Å². The first-order valence-electron chi connectivity index (χ1n) is 5.53. The number of fused-ring (bicyclic) bond motifs is 1. The highest BCUT2D eigenvalue weighted by molar-refractivity contribution is 9.10. The van der Waals surface area contributed by atoms with Crippen molar-refractivity contribution in [2.24, 2.45) is 0 Å². The Morgan fingerprint density at radius 3 is 2.53 bits per heavy atom. The molecule has 0 unspecified atom stereocenters. The van der Waals surface area contributed by atoms with Crippen LogP contribution in [-0.2, 0) is 10.0 Å². The smallest absolute Gasteiger partial charge is 0.199 e. The van der Waals surface area contributed by atoms with Crippen molar-refractivity contribution in [2.45, 2.75) is 4.90 Å². The van der Waals surface area contributed by atoms with Crippen molar-refractivity contribution in [2.75, 3.05) is 0 Å². The van der Waals surface area contributed by atoms with Gasteiger partial charge < -0.3 is 0 Å². The van der Waals surface area contributed by atoms with E-state index in [9.17, 15) is 8.42 Å². The first-order valence-corrected chi connectivity index (χ1v) is 7.76. The molecule has 3 aromatic rings. The van der Waals surface area contributed by atoms with Crippen molar-refractivity contribution in [1.29, 1.82) is 0 Å². The summed E-state index contributed by atoms with van der Waals surface area (Å²) in [6.07, 6.45) is 1.54. The second-order valence-electron chi connectivity index (χ2n) is 4.01. The summed E-state index contributed by atoms with van der Waals surface area (Å²) in [4.78, 5) is 0.222. The monoisotopic (exact) mass is 336 g/mol. The second kappa shape index (κ2) is 4.47. The number of aromatic nitrogens is 2. The first-order chi connectivity index (χ1) is 9.09. The molecule has 2 aromatic carbocycles. The van der Waals surface area contributed by atoms with Crippen LogP contribution < -0.4 is 0 Å². The number of hydrogen-bond acceptors (Lipinski definition) is 3. The highest BCUT2D eigenvalue weighted by Crippen LogP contribution is 2.23. The summed E-state index contributed by atoms with van der Waals surface area (Å²) < 4.78 is 26.9.